The molecule has 38 heavy (non-hydrogen) atoms. The monoisotopic (exact) mass is 549 g/mol. The fourth-order valence-corrected chi connectivity index (χ4v) is 3.99. The SMILES string of the molecule is O=C(Nc1cc(N2CCOCC2=O)cc(C(F)(F)F)c1)c1ccc(Cl)c(Oc2ncnc3c2OCCN3)c1. The van der Waals surface area contributed by atoms with Gasteiger partial charge in [-0.05, 0) is 36.4 Å². The Kier molecular flexibility index (Phi) is 6.95. The summed E-state index contributed by atoms with van der Waals surface area (Å²) in [7, 11) is 0. The molecule has 14 heteroatoms. The van der Waals surface area contributed by atoms with Crippen LogP contribution in [0.25, 0.3) is 0 Å². The van der Waals surface area contributed by atoms with E-state index in [1.807, 2.05) is 0 Å². The Morgan fingerprint density at radius 2 is 2.00 bits per heavy atom. The van der Waals surface area contributed by atoms with Gasteiger partial charge in [-0.25, -0.2) is 4.98 Å². The minimum Gasteiger partial charge on any atom is -0.483 e. The van der Waals surface area contributed by atoms with Crippen molar-refractivity contribution >= 4 is 40.6 Å². The number of carbonyl (C=O) groups excluding carboxylic acids is 2. The second-order valence-corrected chi connectivity index (χ2v) is 8.60. The van der Waals surface area contributed by atoms with E-state index >= 15 is 0 Å². The van der Waals surface area contributed by atoms with E-state index in [9.17, 15) is 22.8 Å². The number of carbonyl (C=O) groups is 2. The molecule has 1 saturated heterocycles. The van der Waals surface area contributed by atoms with Crippen LogP contribution in [0.5, 0.6) is 17.4 Å². The lowest BCUT2D eigenvalue weighted by Crippen LogP contribution is -2.41. The molecule has 2 aromatic carbocycles. The zero-order chi connectivity index (χ0) is 26.9. The first-order valence-electron chi connectivity index (χ1n) is 11.3. The predicted octanol–water partition coefficient (Wildman–Crippen LogP) is 4.36. The van der Waals surface area contributed by atoms with Crippen molar-refractivity contribution in [2.24, 2.45) is 0 Å². The van der Waals surface area contributed by atoms with Crippen LogP contribution in [0, 0.1) is 0 Å². The molecule has 2 amide bonds. The molecule has 2 N–H and O–H groups in total. The number of halogens is 4. The number of fused-ring (bicyclic) bond motifs is 1. The highest BCUT2D eigenvalue weighted by Gasteiger charge is 2.33. The van der Waals surface area contributed by atoms with Crippen LogP contribution in [-0.2, 0) is 15.7 Å². The maximum atomic E-state index is 13.6. The number of benzene rings is 2. The lowest BCUT2D eigenvalue weighted by atomic mass is 10.1. The third-order valence-corrected chi connectivity index (χ3v) is 5.92. The number of nitrogens with zero attached hydrogens (tertiary/aromatic N) is 3. The van der Waals surface area contributed by atoms with E-state index in [0.717, 1.165) is 12.1 Å². The molecule has 1 fully saturated rings. The fourth-order valence-electron chi connectivity index (χ4n) is 3.83. The van der Waals surface area contributed by atoms with Gasteiger partial charge in [0.05, 0.1) is 23.7 Å². The van der Waals surface area contributed by atoms with Crippen LogP contribution in [0.3, 0.4) is 0 Å². The van der Waals surface area contributed by atoms with Crippen LogP contribution >= 0.6 is 11.6 Å². The zero-order valence-corrected chi connectivity index (χ0v) is 20.2. The van der Waals surface area contributed by atoms with Crippen LogP contribution in [0.1, 0.15) is 15.9 Å². The number of morpholine rings is 1. The Morgan fingerprint density at radius 3 is 2.79 bits per heavy atom. The number of rotatable bonds is 5. The molecule has 198 valence electrons. The molecule has 0 aliphatic carbocycles. The molecule has 2 aliphatic rings. The molecule has 0 saturated carbocycles. The maximum absolute atomic E-state index is 13.6. The third kappa shape index (κ3) is 5.43. The normalized spacial score (nSPS) is 15.3. The highest BCUT2D eigenvalue weighted by molar-refractivity contribution is 6.32. The Balaban J connectivity index is 1.41. The van der Waals surface area contributed by atoms with Gasteiger partial charge in [-0.3, -0.25) is 9.59 Å². The Morgan fingerprint density at radius 1 is 1.16 bits per heavy atom. The van der Waals surface area contributed by atoms with Gasteiger partial charge < -0.3 is 29.7 Å². The van der Waals surface area contributed by atoms with Crippen molar-refractivity contribution in [2.75, 3.05) is 48.4 Å². The molecule has 0 unspecified atom stereocenters. The predicted molar refractivity (Wildman–Crippen MR) is 130 cm³/mol. The summed E-state index contributed by atoms with van der Waals surface area (Å²) in [5.74, 6) is -0.368. The quantitative estimate of drug-likeness (QED) is 0.482. The van der Waals surface area contributed by atoms with Gasteiger partial charge >= 0.3 is 6.18 Å². The first kappa shape index (κ1) is 25.5. The van der Waals surface area contributed by atoms with Gasteiger partial charge in [0.25, 0.3) is 17.7 Å². The summed E-state index contributed by atoms with van der Waals surface area (Å²) in [6.45, 7) is 0.923. The molecular formula is C24H19ClF3N5O5. The summed E-state index contributed by atoms with van der Waals surface area (Å²) in [5.41, 5.74) is -1.13. The fraction of sp³-hybridized carbons (Fsp3) is 0.250. The standard InChI is InChI=1S/C24H19ClF3N5O5/c25-17-2-1-13(7-18(17)38-23-20-21(30-12-31-23)29-3-5-37-20)22(35)32-15-8-14(24(26,27)28)9-16(10-15)33-4-6-36-11-19(33)34/h1-2,7-10,12H,3-6,11H2,(H,32,35)(H,29,30,31). The summed E-state index contributed by atoms with van der Waals surface area (Å²) in [6.07, 6.45) is -3.44. The van der Waals surface area contributed by atoms with Crippen LogP contribution < -0.4 is 25.0 Å². The van der Waals surface area contributed by atoms with Gasteiger partial charge in [0.15, 0.2) is 5.82 Å². The summed E-state index contributed by atoms with van der Waals surface area (Å²) in [4.78, 5) is 34.5. The van der Waals surface area contributed by atoms with Crippen LogP contribution in [0.15, 0.2) is 42.7 Å². The van der Waals surface area contributed by atoms with Crippen LogP contribution in [0.4, 0.5) is 30.4 Å². The van der Waals surface area contributed by atoms with Crippen molar-refractivity contribution in [2.45, 2.75) is 6.18 Å². The number of aromatic nitrogens is 2. The van der Waals surface area contributed by atoms with Crippen molar-refractivity contribution in [3.05, 3.63) is 58.9 Å². The first-order chi connectivity index (χ1) is 18.2. The number of anilines is 3. The first-order valence-corrected chi connectivity index (χ1v) is 11.7. The minimum atomic E-state index is -4.71. The number of hydrogen-bond donors (Lipinski definition) is 2. The van der Waals surface area contributed by atoms with Gasteiger partial charge in [-0.1, -0.05) is 11.6 Å². The Hall–Kier alpha value is -4.10. The van der Waals surface area contributed by atoms with Crippen LogP contribution in [0.2, 0.25) is 5.02 Å². The number of amides is 2. The van der Waals surface area contributed by atoms with Gasteiger partial charge in [0.1, 0.15) is 25.3 Å². The average molecular weight is 550 g/mol. The Labute approximate surface area is 218 Å². The largest absolute Gasteiger partial charge is 0.483 e. The van der Waals surface area contributed by atoms with E-state index in [1.165, 1.54) is 35.5 Å². The average Bonchev–Trinajstić information content (AvgIpc) is 2.89. The number of hydrogen-bond acceptors (Lipinski definition) is 8. The van der Waals surface area contributed by atoms with E-state index in [2.05, 4.69) is 20.6 Å². The van der Waals surface area contributed by atoms with Crippen LogP contribution in [-0.4, -0.2) is 54.7 Å². The highest BCUT2D eigenvalue weighted by atomic mass is 35.5. The molecule has 10 nitrogen and oxygen atoms in total. The molecule has 0 radical (unpaired) electrons. The molecule has 2 aliphatic heterocycles. The summed E-state index contributed by atoms with van der Waals surface area (Å²) >= 11 is 6.26. The molecular weight excluding hydrogens is 531 g/mol. The Bertz CT molecular complexity index is 1400. The molecule has 3 heterocycles. The number of nitrogens with one attached hydrogen (secondary N) is 2. The summed E-state index contributed by atoms with van der Waals surface area (Å²) in [6, 6.07) is 7.05. The maximum Gasteiger partial charge on any atom is 0.416 e. The van der Waals surface area contributed by atoms with E-state index in [1.54, 1.807) is 0 Å². The zero-order valence-electron chi connectivity index (χ0n) is 19.5. The summed E-state index contributed by atoms with van der Waals surface area (Å²) in [5, 5.41) is 5.66. The molecule has 5 rings (SSSR count). The lowest BCUT2D eigenvalue weighted by Gasteiger charge is -2.28. The van der Waals surface area contributed by atoms with Crippen molar-refractivity contribution < 1.29 is 37.0 Å². The van der Waals surface area contributed by atoms with Crippen molar-refractivity contribution in [3.63, 3.8) is 0 Å². The highest BCUT2D eigenvalue weighted by Crippen LogP contribution is 2.39. The van der Waals surface area contributed by atoms with Crippen molar-refractivity contribution in [1.29, 1.82) is 0 Å². The topological polar surface area (TPSA) is 115 Å². The molecule has 3 aromatic rings. The van der Waals surface area contributed by atoms with Gasteiger partial charge in [0, 0.05) is 23.5 Å². The lowest BCUT2D eigenvalue weighted by molar-refractivity contribution is -0.137. The third-order valence-electron chi connectivity index (χ3n) is 5.61. The second kappa shape index (κ2) is 10.3. The van der Waals surface area contributed by atoms with Gasteiger partial charge in [-0.15, -0.1) is 0 Å². The van der Waals surface area contributed by atoms with E-state index in [-0.39, 0.29) is 59.1 Å². The second-order valence-electron chi connectivity index (χ2n) is 8.20. The molecule has 0 spiro atoms. The minimum absolute atomic E-state index is 0.00861. The van der Waals surface area contributed by atoms with E-state index in [4.69, 9.17) is 25.8 Å². The van der Waals surface area contributed by atoms with Crippen molar-refractivity contribution in [1.82, 2.24) is 9.97 Å². The number of alkyl halides is 3. The van der Waals surface area contributed by atoms with Gasteiger partial charge in [0.2, 0.25) is 5.75 Å². The van der Waals surface area contributed by atoms with Crippen molar-refractivity contribution in [3.8, 4) is 17.4 Å². The smallest absolute Gasteiger partial charge is 0.416 e. The molecule has 1 aromatic heterocycles. The van der Waals surface area contributed by atoms with E-state index in [0.29, 0.717) is 19.0 Å². The number of ether oxygens (including phenoxy) is 3. The van der Waals surface area contributed by atoms with E-state index < -0.39 is 23.6 Å². The van der Waals surface area contributed by atoms with Gasteiger partial charge in [-0.2, -0.15) is 18.2 Å². The molecule has 0 bridgehead atoms. The summed E-state index contributed by atoms with van der Waals surface area (Å²) < 4.78 is 57.2. The molecule has 0 atom stereocenters.